The van der Waals surface area contributed by atoms with Gasteiger partial charge in [-0.25, -0.2) is 4.39 Å². The van der Waals surface area contributed by atoms with Crippen LogP contribution in [0.5, 0.6) is 5.75 Å². The first-order valence-electron chi connectivity index (χ1n) is 7.06. The number of hydrogen-bond donors (Lipinski definition) is 2. The molecule has 2 aromatic rings. The molecule has 2 N–H and O–H groups in total. The van der Waals surface area contributed by atoms with E-state index in [1.165, 1.54) is 12.1 Å². The van der Waals surface area contributed by atoms with E-state index in [0.29, 0.717) is 5.75 Å². The van der Waals surface area contributed by atoms with Crippen molar-refractivity contribution in [3.05, 3.63) is 64.4 Å². The molecule has 0 aliphatic heterocycles. The number of ether oxygens (including phenoxy) is 1. The van der Waals surface area contributed by atoms with E-state index < -0.39 is 17.8 Å². The molecule has 0 aliphatic carbocycles. The van der Waals surface area contributed by atoms with E-state index >= 15 is 0 Å². The maximum Gasteiger partial charge on any atom is 0.254 e. The summed E-state index contributed by atoms with van der Waals surface area (Å²) in [5.41, 5.74) is 0.881. The van der Waals surface area contributed by atoms with Crippen LogP contribution in [0.25, 0.3) is 0 Å². The van der Waals surface area contributed by atoms with Gasteiger partial charge in [0.1, 0.15) is 24.3 Å². The average Bonchev–Trinajstić information content (AvgIpc) is 2.53. The average molecular weight is 338 g/mol. The van der Waals surface area contributed by atoms with Gasteiger partial charge in [0.15, 0.2) is 0 Å². The molecular formula is C17H17ClFNO3. The normalized spacial score (nSPS) is 11.8. The highest BCUT2D eigenvalue weighted by Crippen LogP contribution is 2.15. The molecule has 6 heteroatoms. The minimum absolute atomic E-state index is 0.0156. The summed E-state index contributed by atoms with van der Waals surface area (Å²) in [6, 6.07) is 11.1. The third kappa shape index (κ3) is 5.23. The third-order valence-electron chi connectivity index (χ3n) is 3.10. The van der Waals surface area contributed by atoms with Gasteiger partial charge in [0, 0.05) is 11.6 Å². The number of amides is 1. The van der Waals surface area contributed by atoms with Gasteiger partial charge in [-0.2, -0.15) is 0 Å². The van der Waals surface area contributed by atoms with Crippen LogP contribution in [0.3, 0.4) is 0 Å². The van der Waals surface area contributed by atoms with Crippen molar-refractivity contribution in [2.75, 3.05) is 13.2 Å². The minimum Gasteiger partial charge on any atom is -0.491 e. The number of aliphatic hydroxyl groups is 1. The summed E-state index contributed by atoms with van der Waals surface area (Å²) in [6.07, 6.45) is -0.915. The Morgan fingerprint density at radius 2 is 2.13 bits per heavy atom. The van der Waals surface area contributed by atoms with Gasteiger partial charge in [0.25, 0.3) is 5.91 Å². The number of carbonyl (C=O) groups excluding carboxylic acids is 1. The molecule has 0 bridgehead atoms. The second-order valence-corrected chi connectivity index (χ2v) is 5.55. The molecule has 0 fully saturated rings. The van der Waals surface area contributed by atoms with Crippen molar-refractivity contribution in [3.63, 3.8) is 0 Å². The SMILES string of the molecule is Cc1cccc(OCC(O)CNC(=O)c2cc(Cl)ccc2F)c1. The maximum atomic E-state index is 13.5. The standard InChI is InChI=1S/C17H17ClFNO3/c1-11-3-2-4-14(7-11)23-10-13(21)9-20-17(22)15-8-12(18)5-6-16(15)19/h2-8,13,21H,9-10H2,1H3,(H,20,22). The van der Waals surface area contributed by atoms with Gasteiger partial charge in [0.2, 0.25) is 0 Å². The Kier molecular flexibility index (Phi) is 5.96. The maximum absolute atomic E-state index is 13.5. The lowest BCUT2D eigenvalue weighted by molar-refractivity contribution is 0.0840. The Labute approximate surface area is 138 Å². The summed E-state index contributed by atoms with van der Waals surface area (Å²) in [6.45, 7) is 1.89. The van der Waals surface area contributed by atoms with E-state index in [9.17, 15) is 14.3 Å². The summed E-state index contributed by atoms with van der Waals surface area (Å²) in [4.78, 5) is 11.9. The molecule has 2 aromatic carbocycles. The first kappa shape index (κ1) is 17.2. The quantitative estimate of drug-likeness (QED) is 0.852. The van der Waals surface area contributed by atoms with Gasteiger partial charge in [-0.05, 0) is 42.8 Å². The van der Waals surface area contributed by atoms with E-state index in [1.54, 1.807) is 6.07 Å². The summed E-state index contributed by atoms with van der Waals surface area (Å²) < 4.78 is 19.0. The Bertz CT molecular complexity index is 693. The number of nitrogens with one attached hydrogen (secondary N) is 1. The van der Waals surface area contributed by atoms with Crippen molar-refractivity contribution >= 4 is 17.5 Å². The zero-order chi connectivity index (χ0) is 16.8. The van der Waals surface area contributed by atoms with E-state index in [1.807, 2.05) is 25.1 Å². The highest BCUT2D eigenvalue weighted by Gasteiger charge is 2.14. The largest absolute Gasteiger partial charge is 0.491 e. The Morgan fingerprint density at radius 1 is 1.35 bits per heavy atom. The van der Waals surface area contributed by atoms with Crippen molar-refractivity contribution in [1.29, 1.82) is 0 Å². The third-order valence-corrected chi connectivity index (χ3v) is 3.34. The molecular weight excluding hydrogens is 321 g/mol. The van der Waals surface area contributed by atoms with Crippen LogP contribution in [-0.2, 0) is 0 Å². The lowest BCUT2D eigenvalue weighted by Gasteiger charge is -2.14. The molecule has 0 heterocycles. The topological polar surface area (TPSA) is 58.6 Å². The van der Waals surface area contributed by atoms with Gasteiger partial charge in [-0.1, -0.05) is 23.7 Å². The summed E-state index contributed by atoms with van der Waals surface area (Å²) in [7, 11) is 0. The van der Waals surface area contributed by atoms with Gasteiger partial charge in [-0.15, -0.1) is 0 Å². The number of aliphatic hydroxyl groups excluding tert-OH is 1. The van der Waals surface area contributed by atoms with Crippen molar-refractivity contribution < 1.29 is 19.0 Å². The number of benzene rings is 2. The predicted molar refractivity (Wildman–Crippen MR) is 86.4 cm³/mol. The van der Waals surface area contributed by atoms with Crippen LogP contribution in [0.2, 0.25) is 5.02 Å². The molecule has 0 spiro atoms. The fourth-order valence-corrected chi connectivity index (χ4v) is 2.11. The number of hydrogen-bond acceptors (Lipinski definition) is 3. The molecule has 2 rings (SSSR count). The van der Waals surface area contributed by atoms with Crippen LogP contribution < -0.4 is 10.1 Å². The van der Waals surface area contributed by atoms with Crippen LogP contribution in [-0.4, -0.2) is 30.3 Å². The Hall–Kier alpha value is -2.11. The summed E-state index contributed by atoms with van der Waals surface area (Å²) in [5, 5.41) is 12.6. The lowest BCUT2D eigenvalue weighted by atomic mass is 10.2. The summed E-state index contributed by atoms with van der Waals surface area (Å²) >= 11 is 5.74. The summed E-state index contributed by atoms with van der Waals surface area (Å²) in [5.74, 6) is -0.673. The van der Waals surface area contributed by atoms with E-state index in [-0.39, 0.29) is 23.7 Å². The van der Waals surface area contributed by atoms with Crippen molar-refractivity contribution in [1.82, 2.24) is 5.32 Å². The molecule has 0 radical (unpaired) electrons. The van der Waals surface area contributed by atoms with Crippen molar-refractivity contribution in [3.8, 4) is 5.75 Å². The van der Waals surface area contributed by atoms with Crippen molar-refractivity contribution in [2.45, 2.75) is 13.0 Å². The van der Waals surface area contributed by atoms with E-state index in [0.717, 1.165) is 11.6 Å². The highest BCUT2D eigenvalue weighted by molar-refractivity contribution is 6.31. The number of carbonyl (C=O) groups is 1. The van der Waals surface area contributed by atoms with Gasteiger partial charge in [-0.3, -0.25) is 4.79 Å². The second kappa shape index (κ2) is 7.94. The Balaban J connectivity index is 1.83. The molecule has 0 aromatic heterocycles. The van der Waals surface area contributed by atoms with Crippen LogP contribution in [0.1, 0.15) is 15.9 Å². The predicted octanol–water partition coefficient (Wildman–Crippen LogP) is 2.96. The zero-order valence-corrected chi connectivity index (χ0v) is 13.3. The molecule has 0 saturated carbocycles. The first-order valence-corrected chi connectivity index (χ1v) is 7.44. The van der Waals surface area contributed by atoms with Crippen molar-refractivity contribution in [2.24, 2.45) is 0 Å². The molecule has 0 saturated heterocycles. The molecule has 4 nitrogen and oxygen atoms in total. The molecule has 0 aliphatic rings. The number of aryl methyl sites for hydroxylation is 1. The lowest BCUT2D eigenvalue weighted by Crippen LogP contribution is -2.35. The minimum atomic E-state index is -0.915. The molecule has 23 heavy (non-hydrogen) atoms. The zero-order valence-electron chi connectivity index (χ0n) is 12.6. The Morgan fingerprint density at radius 3 is 2.87 bits per heavy atom. The van der Waals surface area contributed by atoms with Gasteiger partial charge < -0.3 is 15.2 Å². The fourth-order valence-electron chi connectivity index (χ4n) is 1.93. The monoisotopic (exact) mass is 337 g/mol. The molecule has 1 atom stereocenters. The highest BCUT2D eigenvalue weighted by atomic mass is 35.5. The molecule has 1 unspecified atom stereocenters. The smallest absolute Gasteiger partial charge is 0.254 e. The van der Waals surface area contributed by atoms with Gasteiger partial charge >= 0.3 is 0 Å². The fraction of sp³-hybridized carbons (Fsp3) is 0.235. The molecule has 1 amide bonds. The van der Waals surface area contributed by atoms with Crippen LogP contribution in [0, 0.1) is 12.7 Å². The van der Waals surface area contributed by atoms with Crippen LogP contribution in [0.15, 0.2) is 42.5 Å². The molecule has 122 valence electrons. The first-order chi connectivity index (χ1) is 11.0. The van der Waals surface area contributed by atoms with Crippen LogP contribution >= 0.6 is 11.6 Å². The van der Waals surface area contributed by atoms with Gasteiger partial charge in [0.05, 0.1) is 5.56 Å². The van der Waals surface area contributed by atoms with E-state index in [4.69, 9.17) is 16.3 Å². The number of halogens is 2. The number of rotatable bonds is 6. The van der Waals surface area contributed by atoms with E-state index in [2.05, 4.69) is 5.32 Å². The van der Waals surface area contributed by atoms with Crippen LogP contribution in [0.4, 0.5) is 4.39 Å². The second-order valence-electron chi connectivity index (χ2n) is 5.12.